The molecule has 0 saturated heterocycles. The minimum atomic E-state index is -0.0545. The summed E-state index contributed by atoms with van der Waals surface area (Å²) in [5.74, 6) is 0.809. The zero-order chi connectivity index (χ0) is 14.7. The number of hydrogen-bond donors (Lipinski definition) is 0. The lowest BCUT2D eigenvalue weighted by atomic mass is 9.82. The van der Waals surface area contributed by atoms with Crippen molar-refractivity contribution >= 4 is 50.5 Å². The molecule has 2 rings (SSSR count). The van der Waals surface area contributed by atoms with Crippen LogP contribution in [0.2, 0.25) is 5.02 Å². The molecule has 108 valence electrons. The molecule has 0 N–H and O–H groups in total. The fourth-order valence-corrected chi connectivity index (χ4v) is 4.75. The Bertz CT molecular complexity index is 533. The van der Waals surface area contributed by atoms with Gasteiger partial charge in [-0.2, -0.15) is 0 Å². The molecule has 20 heavy (non-hydrogen) atoms. The summed E-state index contributed by atoms with van der Waals surface area (Å²) in [5, 5.41) is 0.688. The van der Waals surface area contributed by atoms with Crippen LogP contribution in [0.15, 0.2) is 40.2 Å². The number of alkyl halides is 1. The van der Waals surface area contributed by atoms with Crippen molar-refractivity contribution < 1.29 is 0 Å². The molecule has 0 fully saturated rings. The molecule has 4 heteroatoms. The fraction of sp³-hybridized carbons (Fsp3) is 0.375. The number of hydrogen-bond acceptors (Lipinski definition) is 1. The van der Waals surface area contributed by atoms with Crippen LogP contribution in [0.3, 0.4) is 0 Å². The smallest absolute Gasteiger partial charge is 0.0887 e. The first-order chi connectivity index (χ1) is 9.54. The summed E-state index contributed by atoms with van der Waals surface area (Å²) in [7, 11) is 0. The van der Waals surface area contributed by atoms with Gasteiger partial charge in [0.05, 0.1) is 14.2 Å². The molecule has 3 atom stereocenters. The van der Waals surface area contributed by atoms with E-state index in [1.54, 1.807) is 11.3 Å². The van der Waals surface area contributed by atoms with Gasteiger partial charge >= 0.3 is 0 Å². The molecular formula is C16H17BrCl2S. The van der Waals surface area contributed by atoms with E-state index in [9.17, 15) is 0 Å². The third kappa shape index (κ3) is 3.59. The zero-order valence-corrected chi connectivity index (χ0v) is 15.4. The normalized spacial score (nSPS) is 15.8. The van der Waals surface area contributed by atoms with Gasteiger partial charge in [-0.3, -0.25) is 0 Å². The summed E-state index contributed by atoms with van der Waals surface area (Å²) < 4.78 is 0.954. The van der Waals surface area contributed by atoms with Crippen molar-refractivity contribution in [3.63, 3.8) is 0 Å². The van der Waals surface area contributed by atoms with Crippen molar-refractivity contribution in [1.29, 1.82) is 0 Å². The van der Waals surface area contributed by atoms with Crippen LogP contribution in [0, 0.1) is 5.92 Å². The van der Waals surface area contributed by atoms with Gasteiger partial charge in [-0.05, 0) is 33.5 Å². The van der Waals surface area contributed by atoms with Crippen LogP contribution in [0.1, 0.15) is 42.0 Å². The lowest BCUT2D eigenvalue weighted by Crippen LogP contribution is -2.14. The van der Waals surface area contributed by atoms with Crippen LogP contribution >= 0.6 is 50.5 Å². The molecule has 0 aliphatic carbocycles. The second-order valence-corrected chi connectivity index (χ2v) is 8.27. The fourth-order valence-electron chi connectivity index (χ4n) is 2.39. The van der Waals surface area contributed by atoms with Gasteiger partial charge in [-0.1, -0.05) is 62.2 Å². The highest BCUT2D eigenvalue weighted by Gasteiger charge is 2.28. The van der Waals surface area contributed by atoms with E-state index in [2.05, 4.69) is 54.0 Å². The summed E-state index contributed by atoms with van der Waals surface area (Å²) in [4.78, 5) is 1.12. The highest BCUT2D eigenvalue weighted by atomic mass is 79.9. The molecular weight excluding hydrogens is 375 g/mol. The molecule has 1 heterocycles. The zero-order valence-electron chi connectivity index (χ0n) is 11.4. The molecule has 0 aliphatic heterocycles. The minimum absolute atomic E-state index is 0.0545. The first kappa shape index (κ1) is 16.4. The molecule has 0 amide bonds. The van der Waals surface area contributed by atoms with Gasteiger partial charge in [-0.25, -0.2) is 0 Å². The molecule has 1 aromatic heterocycles. The quantitative estimate of drug-likeness (QED) is 0.470. The summed E-state index contributed by atoms with van der Waals surface area (Å²) in [5.41, 5.74) is 1.29. The first-order valence-electron chi connectivity index (χ1n) is 6.68. The molecule has 0 spiro atoms. The van der Waals surface area contributed by atoms with E-state index in [0.717, 1.165) is 20.1 Å². The summed E-state index contributed by atoms with van der Waals surface area (Å²) in [6.07, 6.45) is 1.10. The standard InChI is InChI=1S/C16H17BrCl2S/c1-3-10(2)14(11-7-5-4-6-8-11)15(19)13-9-12(18)16(17)20-13/h4-10,14-15H,3H2,1-2H3. The molecule has 1 aromatic carbocycles. The maximum absolute atomic E-state index is 6.80. The van der Waals surface area contributed by atoms with Gasteiger partial charge in [0.25, 0.3) is 0 Å². The van der Waals surface area contributed by atoms with E-state index in [1.165, 1.54) is 5.56 Å². The molecule has 0 aliphatic rings. The van der Waals surface area contributed by atoms with Gasteiger partial charge < -0.3 is 0 Å². The van der Waals surface area contributed by atoms with E-state index in [4.69, 9.17) is 23.2 Å². The summed E-state index contributed by atoms with van der Waals surface area (Å²) in [6.45, 7) is 4.47. The Morgan fingerprint density at radius 2 is 1.90 bits per heavy atom. The van der Waals surface area contributed by atoms with E-state index in [1.807, 2.05) is 12.1 Å². The monoisotopic (exact) mass is 390 g/mol. The summed E-state index contributed by atoms with van der Waals surface area (Å²) in [6, 6.07) is 12.5. The van der Waals surface area contributed by atoms with Crippen LogP contribution in [0.5, 0.6) is 0 Å². The summed E-state index contributed by atoms with van der Waals surface area (Å²) >= 11 is 18.0. The lowest BCUT2D eigenvalue weighted by Gasteiger charge is -2.27. The Hall–Kier alpha value is -0.0200. The second kappa shape index (κ2) is 7.31. The molecule has 0 saturated carbocycles. The number of thiophene rings is 1. The third-order valence-electron chi connectivity index (χ3n) is 3.69. The minimum Gasteiger partial charge on any atom is -0.130 e. The Morgan fingerprint density at radius 3 is 2.40 bits per heavy atom. The predicted octanol–water partition coefficient (Wildman–Crippen LogP) is 7.27. The number of benzene rings is 1. The van der Waals surface area contributed by atoms with Crippen LogP contribution in [0.25, 0.3) is 0 Å². The van der Waals surface area contributed by atoms with Crippen molar-refractivity contribution in [2.75, 3.05) is 0 Å². The molecule has 2 aromatic rings. The maximum atomic E-state index is 6.80. The van der Waals surface area contributed by atoms with Gasteiger partial charge in [0, 0.05) is 10.8 Å². The lowest BCUT2D eigenvalue weighted by molar-refractivity contribution is 0.436. The van der Waals surface area contributed by atoms with Crippen LogP contribution in [-0.4, -0.2) is 0 Å². The highest BCUT2D eigenvalue weighted by molar-refractivity contribution is 9.11. The molecule has 0 radical (unpaired) electrons. The van der Waals surface area contributed by atoms with Crippen molar-refractivity contribution in [2.24, 2.45) is 5.92 Å². The topological polar surface area (TPSA) is 0 Å². The van der Waals surface area contributed by atoms with Gasteiger partial charge in [0.1, 0.15) is 0 Å². The van der Waals surface area contributed by atoms with Crippen molar-refractivity contribution in [3.8, 4) is 0 Å². The van der Waals surface area contributed by atoms with Crippen LogP contribution in [-0.2, 0) is 0 Å². The van der Waals surface area contributed by atoms with Crippen molar-refractivity contribution in [3.05, 3.63) is 55.6 Å². The van der Waals surface area contributed by atoms with E-state index >= 15 is 0 Å². The van der Waals surface area contributed by atoms with E-state index in [0.29, 0.717) is 11.8 Å². The van der Waals surface area contributed by atoms with Crippen LogP contribution in [0.4, 0.5) is 0 Å². The predicted molar refractivity (Wildman–Crippen MR) is 94.3 cm³/mol. The Kier molecular flexibility index (Phi) is 5.97. The maximum Gasteiger partial charge on any atom is 0.0887 e. The molecule has 0 nitrogen and oxygen atoms in total. The largest absolute Gasteiger partial charge is 0.130 e. The van der Waals surface area contributed by atoms with Gasteiger partial charge in [-0.15, -0.1) is 22.9 Å². The van der Waals surface area contributed by atoms with Crippen LogP contribution < -0.4 is 0 Å². The Morgan fingerprint density at radius 1 is 1.25 bits per heavy atom. The highest BCUT2D eigenvalue weighted by Crippen LogP contribution is 2.47. The second-order valence-electron chi connectivity index (χ2n) is 4.99. The van der Waals surface area contributed by atoms with Crippen molar-refractivity contribution in [2.45, 2.75) is 31.6 Å². The average Bonchev–Trinajstić information content (AvgIpc) is 2.80. The number of halogens is 3. The Balaban J connectivity index is 2.36. The number of rotatable bonds is 5. The van der Waals surface area contributed by atoms with E-state index in [-0.39, 0.29) is 5.38 Å². The van der Waals surface area contributed by atoms with Gasteiger partial charge in [0.2, 0.25) is 0 Å². The Labute approximate surface area is 143 Å². The van der Waals surface area contributed by atoms with E-state index < -0.39 is 0 Å². The third-order valence-corrected chi connectivity index (χ3v) is 6.89. The van der Waals surface area contributed by atoms with Gasteiger partial charge in [0.15, 0.2) is 0 Å². The molecule has 0 bridgehead atoms. The van der Waals surface area contributed by atoms with Crippen molar-refractivity contribution in [1.82, 2.24) is 0 Å². The average molecular weight is 392 g/mol. The molecule has 3 unspecified atom stereocenters. The first-order valence-corrected chi connectivity index (χ1v) is 9.10. The SMILES string of the molecule is CCC(C)C(c1ccccc1)C(Cl)c1cc(Cl)c(Br)s1.